The Balaban J connectivity index is 1.37. The van der Waals surface area contributed by atoms with Crippen LogP contribution >= 0.6 is 0 Å². The Morgan fingerprint density at radius 3 is 2.84 bits per heavy atom. The molecule has 1 fully saturated rings. The molecule has 0 spiro atoms. The number of nitrogens with zero attached hydrogens (tertiary/aromatic N) is 1. The molecule has 1 aromatic rings. The lowest BCUT2D eigenvalue weighted by Gasteiger charge is -2.19. The number of urea groups is 1. The van der Waals surface area contributed by atoms with Crippen LogP contribution in [0, 0.1) is 5.92 Å². The number of amides is 3. The van der Waals surface area contributed by atoms with Crippen molar-refractivity contribution in [3.05, 3.63) is 48.0 Å². The molecule has 1 saturated heterocycles. The van der Waals surface area contributed by atoms with E-state index in [2.05, 4.69) is 34.9 Å². The van der Waals surface area contributed by atoms with Gasteiger partial charge >= 0.3 is 6.03 Å². The van der Waals surface area contributed by atoms with Crippen LogP contribution in [0.3, 0.4) is 0 Å². The smallest absolute Gasteiger partial charge is 0.315 e. The van der Waals surface area contributed by atoms with E-state index >= 15 is 0 Å². The molecule has 1 aliphatic carbocycles. The predicted molar refractivity (Wildman–Crippen MR) is 98.1 cm³/mol. The first-order valence-electron chi connectivity index (χ1n) is 9.23. The van der Waals surface area contributed by atoms with Crippen molar-refractivity contribution in [2.45, 2.75) is 38.1 Å². The van der Waals surface area contributed by atoms with Crippen molar-refractivity contribution in [3.63, 3.8) is 0 Å². The zero-order valence-corrected chi connectivity index (χ0v) is 14.6. The van der Waals surface area contributed by atoms with Crippen molar-refractivity contribution in [2.24, 2.45) is 5.92 Å². The van der Waals surface area contributed by atoms with Gasteiger partial charge in [-0.05, 0) is 31.2 Å². The summed E-state index contributed by atoms with van der Waals surface area (Å²) in [6.07, 6.45) is 8.80. The Bertz CT molecular complexity index is 615. The Morgan fingerprint density at radius 1 is 1.24 bits per heavy atom. The van der Waals surface area contributed by atoms with Crippen LogP contribution in [-0.4, -0.2) is 42.5 Å². The fourth-order valence-electron chi connectivity index (χ4n) is 3.50. The molecule has 134 valence electrons. The minimum Gasteiger partial charge on any atom is -0.342 e. The van der Waals surface area contributed by atoms with Crippen molar-refractivity contribution in [1.29, 1.82) is 0 Å². The standard InChI is InChI=1S/C20H27N3O2/c24-19-13-17(14-21-20(25)22-18-9-5-2-6-10-18)15-23(19)12-11-16-7-3-1-4-8-16/h1,3-5,7-9,17-18H,2,6,10-15H2,(H2,21,22,25)/t17-,18-/m0/s1. The van der Waals surface area contributed by atoms with Crippen LogP contribution in [0.1, 0.15) is 31.2 Å². The first-order chi connectivity index (χ1) is 12.2. The van der Waals surface area contributed by atoms with Crippen LogP contribution < -0.4 is 10.6 Å². The van der Waals surface area contributed by atoms with E-state index in [-0.39, 0.29) is 23.9 Å². The third-order valence-electron chi connectivity index (χ3n) is 4.93. The van der Waals surface area contributed by atoms with Crippen molar-refractivity contribution in [2.75, 3.05) is 19.6 Å². The summed E-state index contributed by atoms with van der Waals surface area (Å²) in [5.41, 5.74) is 1.25. The van der Waals surface area contributed by atoms with Gasteiger partial charge in [0.25, 0.3) is 0 Å². The molecule has 3 amide bonds. The second kappa shape index (κ2) is 8.70. The summed E-state index contributed by atoms with van der Waals surface area (Å²) in [6.45, 7) is 2.03. The highest BCUT2D eigenvalue weighted by atomic mass is 16.2. The third-order valence-corrected chi connectivity index (χ3v) is 4.93. The van der Waals surface area contributed by atoms with Gasteiger partial charge in [0.15, 0.2) is 0 Å². The minimum absolute atomic E-state index is 0.133. The highest BCUT2D eigenvalue weighted by Gasteiger charge is 2.29. The summed E-state index contributed by atoms with van der Waals surface area (Å²) in [5.74, 6) is 0.397. The van der Waals surface area contributed by atoms with Gasteiger partial charge in [-0.1, -0.05) is 42.5 Å². The number of likely N-dealkylation sites (tertiary alicyclic amines) is 1. The van der Waals surface area contributed by atoms with E-state index in [4.69, 9.17) is 0 Å². The molecule has 1 aromatic carbocycles. The summed E-state index contributed by atoms with van der Waals surface area (Å²) in [5, 5.41) is 5.90. The summed E-state index contributed by atoms with van der Waals surface area (Å²) >= 11 is 0. The van der Waals surface area contributed by atoms with Crippen molar-refractivity contribution < 1.29 is 9.59 Å². The normalized spacial score (nSPS) is 22.9. The summed E-state index contributed by atoms with van der Waals surface area (Å²) in [6, 6.07) is 10.2. The number of hydrogen-bond donors (Lipinski definition) is 2. The fraction of sp³-hybridized carbons (Fsp3) is 0.500. The first kappa shape index (κ1) is 17.5. The fourth-order valence-corrected chi connectivity index (χ4v) is 3.50. The monoisotopic (exact) mass is 341 g/mol. The molecule has 0 radical (unpaired) electrons. The molecule has 2 atom stereocenters. The summed E-state index contributed by atoms with van der Waals surface area (Å²) in [4.78, 5) is 26.1. The lowest BCUT2D eigenvalue weighted by Crippen LogP contribution is -2.43. The molecular formula is C20H27N3O2. The first-order valence-corrected chi connectivity index (χ1v) is 9.23. The molecule has 25 heavy (non-hydrogen) atoms. The van der Waals surface area contributed by atoms with Crippen LogP contribution in [0.25, 0.3) is 0 Å². The molecule has 3 rings (SSSR count). The Morgan fingerprint density at radius 2 is 2.08 bits per heavy atom. The predicted octanol–water partition coefficient (Wildman–Crippen LogP) is 2.49. The van der Waals surface area contributed by atoms with Gasteiger partial charge in [-0.2, -0.15) is 0 Å². The van der Waals surface area contributed by atoms with Gasteiger partial charge in [0.1, 0.15) is 0 Å². The zero-order chi connectivity index (χ0) is 17.5. The van der Waals surface area contributed by atoms with Crippen molar-refractivity contribution in [1.82, 2.24) is 15.5 Å². The van der Waals surface area contributed by atoms with Gasteiger partial charge in [0.05, 0.1) is 0 Å². The SMILES string of the molecule is O=C(NC[C@@H]1CC(=O)N(CCc2ccccc2)C1)N[C@H]1C=CCCC1. The highest BCUT2D eigenvalue weighted by molar-refractivity contribution is 5.79. The Hall–Kier alpha value is -2.30. The van der Waals surface area contributed by atoms with Crippen LogP contribution in [0.4, 0.5) is 4.79 Å². The molecule has 1 heterocycles. The zero-order valence-electron chi connectivity index (χ0n) is 14.6. The largest absolute Gasteiger partial charge is 0.342 e. The number of rotatable bonds is 6. The van der Waals surface area contributed by atoms with Crippen molar-refractivity contribution in [3.8, 4) is 0 Å². The minimum atomic E-state index is -0.133. The van der Waals surface area contributed by atoms with E-state index in [1.54, 1.807) is 0 Å². The maximum absolute atomic E-state index is 12.2. The average molecular weight is 341 g/mol. The lowest BCUT2D eigenvalue weighted by molar-refractivity contribution is -0.127. The van der Waals surface area contributed by atoms with E-state index in [9.17, 15) is 9.59 Å². The third kappa shape index (κ3) is 5.34. The Kier molecular flexibility index (Phi) is 6.09. The molecule has 5 nitrogen and oxygen atoms in total. The molecule has 0 unspecified atom stereocenters. The van der Waals surface area contributed by atoms with E-state index in [0.717, 1.165) is 38.8 Å². The van der Waals surface area contributed by atoms with Crippen LogP contribution in [-0.2, 0) is 11.2 Å². The summed E-state index contributed by atoms with van der Waals surface area (Å²) in [7, 11) is 0. The molecule has 0 bridgehead atoms. The number of benzene rings is 1. The molecular weight excluding hydrogens is 314 g/mol. The Labute approximate surface area is 149 Å². The van der Waals surface area contributed by atoms with Gasteiger partial charge in [-0.15, -0.1) is 0 Å². The van der Waals surface area contributed by atoms with Gasteiger partial charge < -0.3 is 15.5 Å². The highest BCUT2D eigenvalue weighted by Crippen LogP contribution is 2.17. The molecule has 0 aromatic heterocycles. The number of carbonyl (C=O) groups is 2. The number of carbonyl (C=O) groups excluding carboxylic acids is 2. The van der Waals surface area contributed by atoms with Crippen LogP contribution in [0.15, 0.2) is 42.5 Å². The topological polar surface area (TPSA) is 61.4 Å². The maximum atomic E-state index is 12.2. The molecule has 5 heteroatoms. The van der Waals surface area contributed by atoms with Gasteiger partial charge in [-0.25, -0.2) is 4.79 Å². The van der Waals surface area contributed by atoms with E-state index in [0.29, 0.717) is 13.0 Å². The second-order valence-corrected chi connectivity index (χ2v) is 6.97. The van der Waals surface area contributed by atoms with Gasteiger partial charge in [-0.3, -0.25) is 4.79 Å². The van der Waals surface area contributed by atoms with E-state index < -0.39 is 0 Å². The van der Waals surface area contributed by atoms with Crippen LogP contribution in [0.5, 0.6) is 0 Å². The number of hydrogen-bond acceptors (Lipinski definition) is 2. The van der Waals surface area contributed by atoms with Gasteiger partial charge in [0, 0.05) is 38.0 Å². The molecule has 1 aliphatic heterocycles. The lowest BCUT2D eigenvalue weighted by atomic mass is 10.0. The molecule has 2 N–H and O–H groups in total. The quantitative estimate of drug-likeness (QED) is 0.781. The van der Waals surface area contributed by atoms with Crippen LogP contribution in [0.2, 0.25) is 0 Å². The maximum Gasteiger partial charge on any atom is 0.315 e. The van der Waals surface area contributed by atoms with Gasteiger partial charge in [0.2, 0.25) is 5.91 Å². The molecule has 0 saturated carbocycles. The van der Waals surface area contributed by atoms with Crippen molar-refractivity contribution >= 4 is 11.9 Å². The summed E-state index contributed by atoms with van der Waals surface area (Å²) < 4.78 is 0. The number of allylic oxidation sites excluding steroid dienone is 1. The number of nitrogens with one attached hydrogen (secondary N) is 2. The second-order valence-electron chi connectivity index (χ2n) is 6.97. The van der Waals surface area contributed by atoms with E-state index in [1.165, 1.54) is 5.56 Å². The van der Waals surface area contributed by atoms with E-state index in [1.807, 2.05) is 23.1 Å². The molecule has 2 aliphatic rings. The average Bonchev–Trinajstić information content (AvgIpc) is 3.00.